The van der Waals surface area contributed by atoms with Gasteiger partial charge in [0.25, 0.3) is 0 Å². The second kappa shape index (κ2) is 7.68. The lowest BCUT2D eigenvalue weighted by Crippen LogP contribution is -2.37. The summed E-state index contributed by atoms with van der Waals surface area (Å²) >= 11 is 0. The van der Waals surface area contributed by atoms with E-state index in [0.29, 0.717) is 0 Å². The molecule has 142 valence electrons. The van der Waals surface area contributed by atoms with E-state index in [0.717, 1.165) is 12.8 Å². The Morgan fingerprint density at radius 2 is 1.12 bits per heavy atom. The largest absolute Gasteiger partial charge is 0.0823 e. The molecule has 0 amide bonds. The molecule has 0 aromatic heterocycles. The Morgan fingerprint density at radius 3 is 1.52 bits per heavy atom. The summed E-state index contributed by atoms with van der Waals surface area (Å²) in [7, 11) is 0. The summed E-state index contributed by atoms with van der Waals surface area (Å²) in [6, 6.07) is 9.41. The molecule has 0 N–H and O–H groups in total. The molecule has 0 bridgehead atoms. The number of rotatable bonds is 8. The van der Waals surface area contributed by atoms with E-state index in [4.69, 9.17) is 0 Å². The minimum atomic E-state index is 0.0942. The summed E-state index contributed by atoms with van der Waals surface area (Å²) in [5.41, 5.74) is 3.63. The highest BCUT2D eigenvalue weighted by molar-refractivity contribution is 5.34. The van der Waals surface area contributed by atoms with E-state index in [9.17, 15) is 0 Å². The molecular formula is C25H42. The number of benzene rings is 1. The molecule has 0 heterocycles. The summed E-state index contributed by atoms with van der Waals surface area (Å²) in [5.74, 6) is 0. The second-order valence-corrected chi connectivity index (χ2v) is 9.89. The zero-order chi connectivity index (χ0) is 19.5. The summed E-state index contributed by atoms with van der Waals surface area (Å²) in [6.45, 7) is 23.4. The van der Waals surface area contributed by atoms with Crippen LogP contribution in [-0.4, -0.2) is 0 Å². The Morgan fingerprint density at radius 1 is 0.640 bits per heavy atom. The Balaban J connectivity index is 3.24. The molecule has 0 aliphatic rings. The van der Waals surface area contributed by atoms with Gasteiger partial charge >= 0.3 is 0 Å². The van der Waals surface area contributed by atoms with Crippen molar-refractivity contribution in [3.63, 3.8) is 0 Å². The zero-order valence-electron chi connectivity index (χ0n) is 18.6. The average molecular weight is 343 g/mol. The predicted octanol–water partition coefficient (Wildman–Crippen LogP) is 8.06. The molecule has 0 heteroatoms. The molecule has 1 aromatic carbocycles. The highest BCUT2D eigenvalue weighted by Gasteiger charge is 2.39. The van der Waals surface area contributed by atoms with Crippen molar-refractivity contribution in [1.82, 2.24) is 0 Å². The first-order chi connectivity index (χ1) is 11.3. The molecular weight excluding hydrogens is 300 g/mol. The third-order valence-corrected chi connectivity index (χ3v) is 7.25. The van der Waals surface area contributed by atoms with E-state index in [-0.39, 0.29) is 21.7 Å². The SMILES string of the molecule is CCC(C)(C)C=CC(C)(CC)C(C)(C)c1ccc(C(C)(C)CC)cc1. The van der Waals surface area contributed by atoms with Crippen molar-refractivity contribution < 1.29 is 0 Å². The minimum absolute atomic E-state index is 0.0942. The van der Waals surface area contributed by atoms with Crippen LogP contribution < -0.4 is 0 Å². The summed E-state index contributed by atoms with van der Waals surface area (Å²) in [6.07, 6.45) is 8.40. The zero-order valence-corrected chi connectivity index (χ0v) is 18.6. The quantitative estimate of drug-likeness (QED) is 0.419. The van der Waals surface area contributed by atoms with E-state index in [1.807, 2.05) is 0 Å². The van der Waals surface area contributed by atoms with Crippen molar-refractivity contribution in [2.75, 3.05) is 0 Å². The van der Waals surface area contributed by atoms with Crippen LogP contribution in [0.4, 0.5) is 0 Å². The Kier molecular flexibility index (Phi) is 6.76. The topological polar surface area (TPSA) is 0 Å². The normalized spacial score (nSPS) is 16.2. The lowest BCUT2D eigenvalue weighted by Gasteiger charge is -2.43. The molecule has 0 saturated heterocycles. The third-order valence-electron chi connectivity index (χ3n) is 7.25. The van der Waals surface area contributed by atoms with Gasteiger partial charge in [-0.05, 0) is 52.0 Å². The molecule has 1 aromatic rings. The minimum Gasteiger partial charge on any atom is -0.0823 e. The fourth-order valence-corrected chi connectivity index (χ4v) is 3.17. The van der Waals surface area contributed by atoms with Gasteiger partial charge in [0.1, 0.15) is 0 Å². The van der Waals surface area contributed by atoms with Crippen molar-refractivity contribution in [1.29, 1.82) is 0 Å². The number of hydrogen-bond donors (Lipinski definition) is 0. The van der Waals surface area contributed by atoms with Gasteiger partial charge in [-0.25, -0.2) is 0 Å². The number of allylic oxidation sites excluding steroid dienone is 2. The standard InChI is InChI=1S/C25H42/c1-11-22(4,5)18-19-25(10,13-3)24(8,9)21-16-14-20(15-17-21)23(6,7)12-2/h14-19H,11-13H2,1-10H3. The Hall–Kier alpha value is -1.04. The van der Waals surface area contributed by atoms with E-state index >= 15 is 0 Å². The van der Waals surface area contributed by atoms with Crippen molar-refractivity contribution in [3.05, 3.63) is 47.5 Å². The first-order valence-electron chi connectivity index (χ1n) is 10.2. The first kappa shape index (κ1) is 22.0. The Labute approximate surface area is 158 Å². The van der Waals surface area contributed by atoms with E-state index in [1.165, 1.54) is 17.5 Å². The van der Waals surface area contributed by atoms with Crippen LogP contribution in [0.2, 0.25) is 0 Å². The van der Waals surface area contributed by atoms with Crippen LogP contribution in [0.5, 0.6) is 0 Å². The molecule has 0 fully saturated rings. The Bertz CT molecular complexity index is 569. The molecule has 0 nitrogen and oxygen atoms in total. The summed E-state index contributed by atoms with van der Waals surface area (Å²) < 4.78 is 0. The maximum Gasteiger partial charge on any atom is -0.00154 e. The van der Waals surface area contributed by atoms with Gasteiger partial charge in [-0.15, -0.1) is 0 Å². The van der Waals surface area contributed by atoms with Crippen LogP contribution in [0.1, 0.15) is 99.6 Å². The molecule has 0 aliphatic carbocycles. The maximum atomic E-state index is 2.49. The van der Waals surface area contributed by atoms with Gasteiger partial charge in [0.15, 0.2) is 0 Å². The van der Waals surface area contributed by atoms with E-state index < -0.39 is 0 Å². The van der Waals surface area contributed by atoms with Gasteiger partial charge in [0.05, 0.1) is 0 Å². The molecule has 1 rings (SSSR count). The molecule has 0 saturated carbocycles. The van der Waals surface area contributed by atoms with Crippen molar-refractivity contribution in [2.24, 2.45) is 10.8 Å². The van der Waals surface area contributed by atoms with Crippen LogP contribution in [0.25, 0.3) is 0 Å². The third kappa shape index (κ3) is 4.78. The van der Waals surface area contributed by atoms with Crippen LogP contribution >= 0.6 is 0 Å². The summed E-state index contributed by atoms with van der Waals surface area (Å²) in [5, 5.41) is 0. The van der Waals surface area contributed by atoms with E-state index in [2.05, 4.69) is 106 Å². The molecule has 0 spiro atoms. The van der Waals surface area contributed by atoms with Gasteiger partial charge in [-0.2, -0.15) is 0 Å². The highest BCUT2D eigenvalue weighted by Crippen LogP contribution is 2.46. The van der Waals surface area contributed by atoms with Crippen molar-refractivity contribution in [3.8, 4) is 0 Å². The van der Waals surface area contributed by atoms with Gasteiger partial charge in [-0.1, -0.05) is 106 Å². The predicted molar refractivity (Wildman–Crippen MR) is 114 cm³/mol. The van der Waals surface area contributed by atoms with Gasteiger partial charge in [0.2, 0.25) is 0 Å². The molecule has 0 radical (unpaired) electrons. The monoisotopic (exact) mass is 342 g/mol. The highest BCUT2D eigenvalue weighted by atomic mass is 14.4. The van der Waals surface area contributed by atoms with Crippen LogP contribution in [-0.2, 0) is 10.8 Å². The average Bonchev–Trinajstić information content (AvgIpc) is 2.59. The van der Waals surface area contributed by atoms with Gasteiger partial charge in [-0.3, -0.25) is 0 Å². The second-order valence-electron chi connectivity index (χ2n) is 9.89. The maximum absolute atomic E-state index is 2.49. The van der Waals surface area contributed by atoms with Crippen LogP contribution in [0.3, 0.4) is 0 Å². The van der Waals surface area contributed by atoms with Crippen LogP contribution in [0, 0.1) is 10.8 Å². The fourth-order valence-electron chi connectivity index (χ4n) is 3.17. The summed E-state index contributed by atoms with van der Waals surface area (Å²) in [4.78, 5) is 0. The molecule has 1 unspecified atom stereocenters. The number of hydrogen-bond acceptors (Lipinski definition) is 0. The lowest BCUT2D eigenvalue weighted by molar-refractivity contribution is 0.227. The fraction of sp³-hybridized carbons (Fsp3) is 0.680. The smallest absolute Gasteiger partial charge is 0.00154 e. The van der Waals surface area contributed by atoms with Crippen LogP contribution in [0.15, 0.2) is 36.4 Å². The molecule has 0 aliphatic heterocycles. The lowest BCUT2D eigenvalue weighted by atomic mass is 9.61. The molecule has 25 heavy (non-hydrogen) atoms. The molecule has 1 atom stereocenters. The van der Waals surface area contributed by atoms with E-state index in [1.54, 1.807) is 0 Å². The van der Waals surface area contributed by atoms with Crippen molar-refractivity contribution in [2.45, 2.75) is 99.3 Å². The van der Waals surface area contributed by atoms with Crippen molar-refractivity contribution >= 4 is 0 Å². The first-order valence-corrected chi connectivity index (χ1v) is 10.2. The van der Waals surface area contributed by atoms with Gasteiger partial charge < -0.3 is 0 Å². The van der Waals surface area contributed by atoms with Gasteiger partial charge in [0, 0.05) is 0 Å².